The molecule has 0 aliphatic rings. The molecule has 134 valence electrons. The number of rotatable bonds is 7. The highest BCUT2D eigenvalue weighted by Crippen LogP contribution is 2.10. The second-order valence-corrected chi connectivity index (χ2v) is 6.40. The molecule has 1 aromatic rings. The minimum absolute atomic E-state index is 0.112. The van der Waals surface area contributed by atoms with Crippen LogP contribution < -0.4 is 11.1 Å². The van der Waals surface area contributed by atoms with E-state index < -0.39 is 29.8 Å². The summed E-state index contributed by atoms with van der Waals surface area (Å²) in [5, 5.41) is 12.4. The Labute approximate surface area is 142 Å². The molecule has 24 heavy (non-hydrogen) atoms. The summed E-state index contributed by atoms with van der Waals surface area (Å²) in [6.45, 7) is 5.44. The molecule has 0 aromatic heterocycles. The Morgan fingerprint density at radius 1 is 1.25 bits per heavy atom. The van der Waals surface area contributed by atoms with Gasteiger partial charge in [0.05, 0.1) is 6.10 Å². The number of nitrogens with one attached hydrogen (secondary N) is 1. The Morgan fingerprint density at radius 2 is 1.88 bits per heavy atom. The van der Waals surface area contributed by atoms with Crippen LogP contribution in [0.4, 0.5) is 4.79 Å². The highest BCUT2D eigenvalue weighted by molar-refractivity contribution is 5.76. The second-order valence-electron chi connectivity index (χ2n) is 6.40. The van der Waals surface area contributed by atoms with Crippen molar-refractivity contribution in [1.82, 2.24) is 5.32 Å². The number of aliphatic hydroxyl groups excluding tert-OH is 1. The van der Waals surface area contributed by atoms with E-state index in [0.717, 1.165) is 5.56 Å². The minimum atomic E-state index is -1.16. The van der Waals surface area contributed by atoms with Crippen molar-refractivity contribution in [1.29, 1.82) is 0 Å². The Bertz CT molecular complexity index is 528. The lowest BCUT2D eigenvalue weighted by molar-refractivity contribution is -0.159. The van der Waals surface area contributed by atoms with Gasteiger partial charge in [0.25, 0.3) is 0 Å². The summed E-state index contributed by atoms with van der Waals surface area (Å²) in [6.07, 6.45) is -1.60. The number of alkyl carbamates (subject to hydrolysis) is 1. The largest absolute Gasteiger partial charge is 0.459 e. The zero-order valence-corrected chi connectivity index (χ0v) is 14.3. The number of carbonyl (C=O) groups excluding carboxylic acids is 2. The number of ether oxygens (including phenoxy) is 2. The van der Waals surface area contributed by atoms with E-state index in [1.165, 1.54) is 0 Å². The van der Waals surface area contributed by atoms with Crippen LogP contribution in [0.5, 0.6) is 0 Å². The van der Waals surface area contributed by atoms with Gasteiger partial charge < -0.3 is 25.6 Å². The highest BCUT2D eigenvalue weighted by Gasteiger charge is 2.27. The van der Waals surface area contributed by atoms with Crippen LogP contribution in [0.3, 0.4) is 0 Å². The smallest absolute Gasteiger partial charge is 0.407 e. The van der Waals surface area contributed by atoms with Crippen LogP contribution in [0.1, 0.15) is 32.8 Å². The maximum absolute atomic E-state index is 11.7. The number of amides is 1. The molecule has 2 atom stereocenters. The highest BCUT2D eigenvalue weighted by atomic mass is 16.6. The average Bonchev–Trinajstić information content (AvgIpc) is 2.51. The van der Waals surface area contributed by atoms with Crippen LogP contribution in [0, 0.1) is 0 Å². The summed E-state index contributed by atoms with van der Waals surface area (Å²) >= 11 is 0. The molecule has 0 spiro atoms. The number of hydrogen-bond donors (Lipinski definition) is 3. The quantitative estimate of drug-likeness (QED) is 0.647. The Hall–Kier alpha value is -2.12. The van der Waals surface area contributed by atoms with E-state index >= 15 is 0 Å². The van der Waals surface area contributed by atoms with E-state index in [2.05, 4.69) is 5.32 Å². The van der Waals surface area contributed by atoms with Crippen LogP contribution in [-0.4, -0.2) is 41.5 Å². The molecule has 2 unspecified atom stereocenters. The standard InChI is InChI=1S/C17H26N2O5/c1-17(2,3)24-15(21)14(18)13(20)9-10-19-16(22)23-11-12-7-5-4-6-8-12/h4-8,13-14,20H,9-11,18H2,1-3H3,(H,19,22). The van der Waals surface area contributed by atoms with Crippen molar-refractivity contribution in [3.8, 4) is 0 Å². The molecule has 7 nitrogen and oxygen atoms in total. The molecule has 7 heteroatoms. The van der Waals surface area contributed by atoms with E-state index in [1.54, 1.807) is 20.8 Å². The van der Waals surface area contributed by atoms with Crippen molar-refractivity contribution < 1.29 is 24.2 Å². The number of carbonyl (C=O) groups is 2. The summed E-state index contributed by atoms with van der Waals surface area (Å²) in [5.41, 5.74) is 5.85. The van der Waals surface area contributed by atoms with Crippen LogP contribution in [0.15, 0.2) is 30.3 Å². The first-order chi connectivity index (χ1) is 11.2. The van der Waals surface area contributed by atoms with Gasteiger partial charge in [-0.15, -0.1) is 0 Å². The van der Waals surface area contributed by atoms with Gasteiger partial charge in [0.1, 0.15) is 18.2 Å². The molecule has 0 aliphatic carbocycles. The van der Waals surface area contributed by atoms with E-state index in [-0.39, 0.29) is 19.6 Å². The summed E-state index contributed by atoms with van der Waals surface area (Å²) in [7, 11) is 0. The van der Waals surface area contributed by atoms with Crippen LogP contribution in [-0.2, 0) is 20.9 Å². The van der Waals surface area contributed by atoms with Gasteiger partial charge in [0.15, 0.2) is 0 Å². The monoisotopic (exact) mass is 338 g/mol. The molecule has 4 N–H and O–H groups in total. The molecule has 0 bridgehead atoms. The van der Waals surface area contributed by atoms with Crippen LogP contribution >= 0.6 is 0 Å². The topological polar surface area (TPSA) is 111 Å². The third-order valence-electron chi connectivity index (χ3n) is 3.02. The van der Waals surface area contributed by atoms with Crippen LogP contribution in [0.25, 0.3) is 0 Å². The van der Waals surface area contributed by atoms with E-state index in [0.29, 0.717) is 0 Å². The third kappa shape index (κ3) is 7.94. The number of benzene rings is 1. The fourth-order valence-corrected chi connectivity index (χ4v) is 1.80. The van der Waals surface area contributed by atoms with E-state index in [1.807, 2.05) is 30.3 Å². The van der Waals surface area contributed by atoms with Crippen LogP contribution in [0.2, 0.25) is 0 Å². The van der Waals surface area contributed by atoms with Crippen molar-refractivity contribution in [2.24, 2.45) is 5.73 Å². The van der Waals surface area contributed by atoms with Crippen molar-refractivity contribution >= 4 is 12.1 Å². The average molecular weight is 338 g/mol. The van der Waals surface area contributed by atoms with Gasteiger partial charge in [-0.3, -0.25) is 4.79 Å². The molecular formula is C17H26N2O5. The summed E-state index contributed by atoms with van der Waals surface area (Å²) in [5.74, 6) is -0.679. The fourth-order valence-electron chi connectivity index (χ4n) is 1.80. The number of aliphatic hydroxyl groups is 1. The molecule has 1 amide bonds. The second kappa shape index (κ2) is 9.24. The van der Waals surface area contributed by atoms with Crippen molar-refractivity contribution in [3.63, 3.8) is 0 Å². The normalized spacial score (nSPS) is 13.7. The van der Waals surface area contributed by atoms with Gasteiger partial charge in [-0.1, -0.05) is 30.3 Å². The zero-order chi connectivity index (χ0) is 18.2. The van der Waals surface area contributed by atoms with Gasteiger partial charge in [0.2, 0.25) is 0 Å². The molecular weight excluding hydrogens is 312 g/mol. The van der Waals surface area contributed by atoms with Gasteiger partial charge >= 0.3 is 12.1 Å². The molecule has 0 saturated carbocycles. The number of esters is 1. The lowest BCUT2D eigenvalue weighted by Gasteiger charge is -2.24. The lowest BCUT2D eigenvalue weighted by Crippen LogP contribution is -2.46. The Balaban J connectivity index is 2.25. The molecule has 0 fully saturated rings. The van der Waals surface area contributed by atoms with Gasteiger partial charge in [-0.25, -0.2) is 4.79 Å². The first kappa shape index (κ1) is 19.9. The predicted octanol–water partition coefficient (Wildman–Crippen LogP) is 1.33. The maximum Gasteiger partial charge on any atom is 0.407 e. The first-order valence-electron chi connectivity index (χ1n) is 7.80. The molecule has 0 saturated heterocycles. The number of nitrogens with two attached hydrogens (primary N) is 1. The van der Waals surface area contributed by atoms with E-state index in [9.17, 15) is 14.7 Å². The lowest BCUT2D eigenvalue weighted by atomic mass is 10.1. The molecule has 1 rings (SSSR count). The minimum Gasteiger partial charge on any atom is -0.459 e. The zero-order valence-electron chi connectivity index (χ0n) is 14.3. The fraction of sp³-hybridized carbons (Fsp3) is 0.529. The molecule has 0 heterocycles. The Morgan fingerprint density at radius 3 is 2.46 bits per heavy atom. The van der Waals surface area contributed by atoms with Crippen molar-refractivity contribution in [2.45, 2.75) is 51.5 Å². The van der Waals surface area contributed by atoms with Crippen molar-refractivity contribution in [3.05, 3.63) is 35.9 Å². The predicted molar refractivity (Wildman–Crippen MR) is 89.1 cm³/mol. The summed E-state index contributed by atoms with van der Waals surface area (Å²) < 4.78 is 10.1. The summed E-state index contributed by atoms with van der Waals surface area (Å²) in [6, 6.07) is 8.11. The van der Waals surface area contributed by atoms with Crippen molar-refractivity contribution in [2.75, 3.05) is 6.54 Å². The SMILES string of the molecule is CC(C)(C)OC(=O)C(N)C(O)CCNC(=O)OCc1ccccc1. The van der Waals surface area contributed by atoms with E-state index in [4.69, 9.17) is 15.2 Å². The molecule has 0 aliphatic heterocycles. The Kier molecular flexibility index (Phi) is 7.67. The number of hydrogen-bond acceptors (Lipinski definition) is 6. The summed E-state index contributed by atoms with van der Waals surface area (Å²) in [4.78, 5) is 23.3. The van der Waals surface area contributed by atoms with Gasteiger partial charge in [-0.2, -0.15) is 0 Å². The first-order valence-corrected chi connectivity index (χ1v) is 7.80. The third-order valence-corrected chi connectivity index (χ3v) is 3.02. The van der Waals surface area contributed by atoms with Gasteiger partial charge in [0, 0.05) is 6.54 Å². The molecule has 1 aromatic carbocycles. The molecule has 0 radical (unpaired) electrons. The van der Waals surface area contributed by atoms with Gasteiger partial charge in [-0.05, 0) is 32.8 Å². The maximum atomic E-state index is 11.7.